The Kier molecular flexibility index (Phi) is 5.16. The van der Waals surface area contributed by atoms with Gasteiger partial charge < -0.3 is 4.74 Å². The van der Waals surface area contributed by atoms with Crippen molar-refractivity contribution in [2.24, 2.45) is 0 Å². The lowest BCUT2D eigenvalue weighted by atomic mass is 10.1. The second-order valence-electron chi connectivity index (χ2n) is 4.43. The van der Waals surface area contributed by atoms with Crippen LogP contribution in [0.1, 0.15) is 16.0 Å². The van der Waals surface area contributed by atoms with Crippen LogP contribution in [-0.4, -0.2) is 17.1 Å². The van der Waals surface area contributed by atoms with Gasteiger partial charge in [-0.2, -0.15) is 0 Å². The van der Waals surface area contributed by atoms with Crippen molar-refractivity contribution in [3.8, 4) is 5.75 Å². The van der Waals surface area contributed by atoms with Gasteiger partial charge >= 0.3 is 0 Å². The number of benzene rings is 1. The first kappa shape index (κ1) is 14.3. The Morgan fingerprint density at radius 3 is 2.84 bits per heavy atom. The summed E-state index contributed by atoms with van der Waals surface area (Å²) >= 11 is 1.72. The van der Waals surface area contributed by atoms with E-state index >= 15 is 0 Å². The maximum Gasteiger partial charge on any atom is 0.123 e. The molecule has 0 aliphatic heterocycles. The fraction of sp³-hybridized carbons (Fsp3) is 0.333. The zero-order valence-electron chi connectivity index (χ0n) is 11.2. The quantitative estimate of drug-likeness (QED) is 0.814. The first-order chi connectivity index (χ1) is 9.19. The molecule has 0 bridgehead atoms. The van der Waals surface area contributed by atoms with E-state index in [1.807, 2.05) is 25.1 Å². The molecule has 0 amide bonds. The Hall–Kier alpha value is -1.13. The van der Waals surface area contributed by atoms with Crippen molar-refractivity contribution in [3.05, 3.63) is 51.7 Å². The van der Waals surface area contributed by atoms with Crippen LogP contribution < -0.4 is 4.74 Å². The molecule has 0 aliphatic rings. The highest BCUT2D eigenvalue weighted by Gasteiger charge is 2.08. The first-order valence-corrected chi connectivity index (χ1v) is 8.56. The van der Waals surface area contributed by atoms with E-state index in [2.05, 4.69) is 17.5 Å². The van der Waals surface area contributed by atoms with Crippen LogP contribution in [0.25, 0.3) is 0 Å². The maximum absolute atomic E-state index is 12.1. The Morgan fingerprint density at radius 2 is 2.16 bits per heavy atom. The van der Waals surface area contributed by atoms with Crippen molar-refractivity contribution >= 4 is 22.1 Å². The van der Waals surface area contributed by atoms with E-state index in [9.17, 15) is 4.21 Å². The Morgan fingerprint density at radius 1 is 1.32 bits per heavy atom. The van der Waals surface area contributed by atoms with Crippen LogP contribution in [0, 0.1) is 6.92 Å². The van der Waals surface area contributed by atoms with E-state index in [-0.39, 0.29) is 0 Å². The average molecular weight is 294 g/mol. The third-order valence-corrected chi connectivity index (χ3v) is 5.14. The molecular weight excluding hydrogens is 276 g/mol. The fourth-order valence-electron chi connectivity index (χ4n) is 1.94. The number of rotatable bonds is 6. The molecule has 0 N–H and O–H groups in total. The van der Waals surface area contributed by atoms with E-state index in [1.54, 1.807) is 18.4 Å². The molecule has 0 spiro atoms. The van der Waals surface area contributed by atoms with Crippen molar-refractivity contribution < 1.29 is 8.95 Å². The summed E-state index contributed by atoms with van der Waals surface area (Å²) in [6.45, 7) is 2.04. The SMILES string of the molecule is COc1ccc(C)cc1CS(=O)CCc1cccs1. The molecule has 1 aromatic heterocycles. The molecule has 19 heavy (non-hydrogen) atoms. The Labute approximate surface area is 120 Å². The highest BCUT2D eigenvalue weighted by Crippen LogP contribution is 2.21. The van der Waals surface area contributed by atoms with Crippen LogP contribution in [-0.2, 0) is 23.0 Å². The van der Waals surface area contributed by atoms with E-state index < -0.39 is 10.8 Å². The third-order valence-electron chi connectivity index (χ3n) is 2.91. The summed E-state index contributed by atoms with van der Waals surface area (Å²) in [7, 11) is 0.806. The summed E-state index contributed by atoms with van der Waals surface area (Å²) in [6.07, 6.45) is 0.887. The smallest absolute Gasteiger partial charge is 0.123 e. The van der Waals surface area contributed by atoms with Gasteiger partial charge in [-0.25, -0.2) is 0 Å². The molecule has 102 valence electrons. The van der Waals surface area contributed by atoms with E-state index in [4.69, 9.17) is 4.74 Å². The molecule has 0 fully saturated rings. The molecule has 1 unspecified atom stereocenters. The lowest BCUT2D eigenvalue weighted by molar-refractivity contribution is 0.411. The number of hydrogen-bond acceptors (Lipinski definition) is 3. The first-order valence-electron chi connectivity index (χ1n) is 6.20. The van der Waals surface area contributed by atoms with Crippen molar-refractivity contribution in [2.75, 3.05) is 12.9 Å². The van der Waals surface area contributed by atoms with Gasteiger partial charge in [0.1, 0.15) is 5.75 Å². The summed E-state index contributed by atoms with van der Waals surface area (Å²) in [5.41, 5.74) is 2.21. The minimum absolute atomic E-state index is 0.566. The highest BCUT2D eigenvalue weighted by atomic mass is 32.2. The molecule has 0 saturated heterocycles. The minimum Gasteiger partial charge on any atom is -0.496 e. The normalized spacial score (nSPS) is 12.3. The fourth-order valence-corrected chi connectivity index (χ4v) is 3.94. The molecule has 1 atom stereocenters. The molecule has 2 nitrogen and oxygen atoms in total. The van der Waals surface area contributed by atoms with E-state index in [0.29, 0.717) is 11.5 Å². The predicted octanol–water partition coefficient (Wildman–Crippen LogP) is 3.56. The summed E-state index contributed by atoms with van der Waals surface area (Å²) in [6, 6.07) is 10.1. The van der Waals surface area contributed by atoms with Gasteiger partial charge in [-0.3, -0.25) is 4.21 Å². The second kappa shape index (κ2) is 6.87. The van der Waals surface area contributed by atoms with Gasteiger partial charge in [-0.05, 0) is 30.9 Å². The molecule has 0 aliphatic carbocycles. The van der Waals surface area contributed by atoms with Crippen LogP contribution in [0.4, 0.5) is 0 Å². The van der Waals surface area contributed by atoms with Crippen molar-refractivity contribution in [2.45, 2.75) is 19.1 Å². The predicted molar refractivity (Wildman–Crippen MR) is 82.5 cm³/mol. The lowest BCUT2D eigenvalue weighted by Gasteiger charge is -2.09. The van der Waals surface area contributed by atoms with Gasteiger partial charge in [0.15, 0.2) is 0 Å². The monoisotopic (exact) mass is 294 g/mol. The topological polar surface area (TPSA) is 26.3 Å². The zero-order valence-corrected chi connectivity index (χ0v) is 12.9. The molecule has 1 heterocycles. The van der Waals surface area contributed by atoms with Crippen LogP contribution in [0.5, 0.6) is 5.75 Å². The highest BCUT2D eigenvalue weighted by molar-refractivity contribution is 7.84. The van der Waals surface area contributed by atoms with Crippen LogP contribution in [0.2, 0.25) is 0 Å². The second-order valence-corrected chi connectivity index (χ2v) is 7.04. The van der Waals surface area contributed by atoms with Gasteiger partial charge in [-0.1, -0.05) is 23.8 Å². The standard InChI is InChI=1S/C15H18O2S2/c1-12-5-6-15(17-2)13(10-12)11-19(16)9-7-14-4-3-8-18-14/h3-6,8,10H,7,9,11H2,1-2H3. The van der Waals surface area contributed by atoms with E-state index in [0.717, 1.165) is 17.7 Å². The van der Waals surface area contributed by atoms with Crippen molar-refractivity contribution in [1.82, 2.24) is 0 Å². The maximum atomic E-state index is 12.1. The average Bonchev–Trinajstić information content (AvgIpc) is 2.90. The Bertz CT molecular complexity index is 547. The largest absolute Gasteiger partial charge is 0.496 e. The number of thiophene rings is 1. The van der Waals surface area contributed by atoms with Crippen molar-refractivity contribution in [3.63, 3.8) is 0 Å². The van der Waals surface area contributed by atoms with Crippen LogP contribution in [0.3, 0.4) is 0 Å². The third kappa shape index (κ3) is 4.18. The van der Waals surface area contributed by atoms with Crippen LogP contribution in [0.15, 0.2) is 35.7 Å². The van der Waals surface area contributed by atoms with Gasteiger partial charge in [0, 0.05) is 27.0 Å². The Balaban J connectivity index is 1.96. The van der Waals surface area contributed by atoms with Gasteiger partial charge in [0.2, 0.25) is 0 Å². The molecule has 2 aromatic rings. The van der Waals surface area contributed by atoms with Crippen molar-refractivity contribution in [1.29, 1.82) is 0 Å². The number of hydrogen-bond donors (Lipinski definition) is 0. The summed E-state index contributed by atoms with van der Waals surface area (Å²) in [4.78, 5) is 1.30. The lowest BCUT2D eigenvalue weighted by Crippen LogP contribution is -2.04. The number of aryl methyl sites for hydroxylation is 2. The molecule has 1 aromatic carbocycles. The molecule has 0 radical (unpaired) electrons. The summed E-state index contributed by atoms with van der Waals surface area (Å²) in [5.74, 6) is 2.10. The molecule has 2 rings (SSSR count). The molecule has 0 saturated carbocycles. The van der Waals surface area contributed by atoms with Gasteiger partial charge in [0.25, 0.3) is 0 Å². The zero-order chi connectivity index (χ0) is 13.7. The summed E-state index contributed by atoms with van der Waals surface area (Å²) in [5, 5.41) is 2.06. The van der Waals surface area contributed by atoms with Crippen LogP contribution >= 0.6 is 11.3 Å². The van der Waals surface area contributed by atoms with Gasteiger partial charge in [-0.15, -0.1) is 11.3 Å². The molecular formula is C15H18O2S2. The minimum atomic E-state index is -0.849. The number of methoxy groups -OCH3 is 1. The molecule has 4 heteroatoms. The number of ether oxygens (including phenoxy) is 1. The summed E-state index contributed by atoms with van der Waals surface area (Å²) < 4.78 is 17.5. The van der Waals surface area contributed by atoms with E-state index in [1.165, 1.54) is 10.4 Å². The van der Waals surface area contributed by atoms with Gasteiger partial charge in [0.05, 0.1) is 12.9 Å².